The molecule has 0 bridgehead atoms. The number of amides is 2. The standard InChI is InChI=1S/C44H59ClN8O4S/c1-42(2,3)31-20-23-46-34(26-31)33(18-16-30-27-44(7,8)52(28-30)41(55)57-43(4,5)6)47-35-14-11-15-38(48-35)58-51-40(54)32-17-19-36(49-39(32)45)53-24-21-37(50-53)56-25-22-29-12-9-10-13-29/h11,14-15,17,19-21,23-24,26,29-30,33H,9-10,12-13,16,18,22,25,27-28H2,1-8H3,(H,47,48)(H,51,54)/t30-,33?/m0/s1. The third kappa shape index (κ3) is 11.6. The van der Waals surface area contributed by atoms with Gasteiger partial charge in [-0.15, -0.1) is 5.10 Å². The number of nitrogens with zero attached hydrogens (tertiary/aromatic N) is 6. The maximum atomic E-state index is 13.3. The van der Waals surface area contributed by atoms with Gasteiger partial charge in [0, 0.05) is 42.5 Å². The predicted molar refractivity (Wildman–Crippen MR) is 230 cm³/mol. The summed E-state index contributed by atoms with van der Waals surface area (Å²) >= 11 is 7.63. The first kappa shape index (κ1) is 43.2. The minimum Gasteiger partial charge on any atom is -0.477 e. The summed E-state index contributed by atoms with van der Waals surface area (Å²) in [5.74, 6) is 2.31. The van der Waals surface area contributed by atoms with Crippen LogP contribution in [0.15, 0.2) is 66.0 Å². The van der Waals surface area contributed by atoms with Gasteiger partial charge in [0.2, 0.25) is 5.88 Å². The molecule has 5 heterocycles. The third-order valence-electron chi connectivity index (χ3n) is 10.9. The Balaban J connectivity index is 1.09. The van der Waals surface area contributed by atoms with Crippen LogP contribution in [0, 0.1) is 11.8 Å². The molecule has 1 unspecified atom stereocenters. The van der Waals surface area contributed by atoms with Crippen LogP contribution in [-0.4, -0.2) is 65.9 Å². The molecule has 6 rings (SSSR count). The highest BCUT2D eigenvalue weighted by atomic mass is 35.5. The van der Waals surface area contributed by atoms with Crippen LogP contribution < -0.4 is 14.8 Å². The minimum atomic E-state index is -0.557. The van der Waals surface area contributed by atoms with Crippen molar-refractivity contribution >= 4 is 41.4 Å². The van der Waals surface area contributed by atoms with Crippen molar-refractivity contribution in [2.45, 2.75) is 134 Å². The molecule has 2 atom stereocenters. The number of pyridine rings is 3. The number of likely N-dealkylation sites (tertiary alicyclic amines) is 1. The molecule has 1 aliphatic heterocycles. The zero-order valence-corrected chi connectivity index (χ0v) is 36.8. The SMILES string of the molecule is CC(C)(C)OC(=O)N1C[C@@H](CCC(Nc2cccc(SNC(=O)c3ccc(-n4ccc(OCCC5CCCC5)n4)nc3Cl)n2)c2cc(C(C)(C)C)ccn2)CC1(C)C. The summed E-state index contributed by atoms with van der Waals surface area (Å²) in [6, 6.07) is 14.9. The summed E-state index contributed by atoms with van der Waals surface area (Å²) in [6.45, 7) is 17.8. The molecular weight excluding hydrogens is 772 g/mol. The van der Waals surface area contributed by atoms with Crippen LogP contribution in [0.5, 0.6) is 5.88 Å². The van der Waals surface area contributed by atoms with Gasteiger partial charge in [-0.2, -0.15) is 0 Å². The highest BCUT2D eigenvalue weighted by molar-refractivity contribution is 7.97. The molecule has 2 amide bonds. The van der Waals surface area contributed by atoms with Crippen LogP contribution in [0.25, 0.3) is 5.82 Å². The summed E-state index contributed by atoms with van der Waals surface area (Å²) in [7, 11) is 0. The lowest BCUT2D eigenvalue weighted by Gasteiger charge is -2.33. The summed E-state index contributed by atoms with van der Waals surface area (Å²) in [5, 5.41) is 8.79. The first-order chi connectivity index (χ1) is 27.4. The first-order valence-corrected chi connectivity index (χ1v) is 21.7. The summed E-state index contributed by atoms with van der Waals surface area (Å²) in [5.41, 5.74) is 1.42. The second-order valence-corrected chi connectivity index (χ2v) is 19.4. The molecule has 2 fully saturated rings. The number of halogens is 1. The van der Waals surface area contributed by atoms with Gasteiger partial charge in [0.1, 0.15) is 21.6 Å². The van der Waals surface area contributed by atoms with Crippen LogP contribution in [0.3, 0.4) is 0 Å². The van der Waals surface area contributed by atoms with E-state index in [1.165, 1.54) is 31.2 Å². The van der Waals surface area contributed by atoms with Crippen molar-refractivity contribution in [3.63, 3.8) is 0 Å². The number of hydrogen-bond donors (Lipinski definition) is 2. The molecule has 4 aromatic rings. The van der Waals surface area contributed by atoms with Gasteiger partial charge in [0.15, 0.2) is 5.82 Å². The second kappa shape index (κ2) is 18.3. The largest absolute Gasteiger partial charge is 0.477 e. The number of carbonyl (C=O) groups excluding carboxylic acids is 2. The Kier molecular flexibility index (Phi) is 13.6. The van der Waals surface area contributed by atoms with Gasteiger partial charge in [-0.1, -0.05) is 64.1 Å². The first-order valence-electron chi connectivity index (χ1n) is 20.5. The number of rotatable bonds is 14. The van der Waals surface area contributed by atoms with Gasteiger partial charge < -0.3 is 19.7 Å². The quantitative estimate of drug-likeness (QED) is 0.0933. The second-order valence-electron chi connectivity index (χ2n) is 18.3. The molecule has 1 saturated heterocycles. The van der Waals surface area contributed by atoms with E-state index < -0.39 is 11.5 Å². The minimum absolute atomic E-state index is 0.0527. The van der Waals surface area contributed by atoms with Gasteiger partial charge in [-0.3, -0.25) is 14.5 Å². The number of nitrogens with one attached hydrogen (secondary N) is 2. The van der Waals surface area contributed by atoms with Crippen molar-refractivity contribution in [1.29, 1.82) is 0 Å². The lowest BCUT2D eigenvalue weighted by atomic mass is 9.86. The van der Waals surface area contributed by atoms with E-state index in [1.54, 1.807) is 29.1 Å². The van der Waals surface area contributed by atoms with Gasteiger partial charge in [-0.25, -0.2) is 19.4 Å². The van der Waals surface area contributed by atoms with Gasteiger partial charge in [0.25, 0.3) is 5.91 Å². The van der Waals surface area contributed by atoms with Crippen LogP contribution in [-0.2, 0) is 10.2 Å². The molecule has 58 heavy (non-hydrogen) atoms. The summed E-state index contributed by atoms with van der Waals surface area (Å²) in [4.78, 5) is 42.4. The van der Waals surface area contributed by atoms with Crippen LogP contribution in [0.4, 0.5) is 10.6 Å². The predicted octanol–water partition coefficient (Wildman–Crippen LogP) is 10.4. The van der Waals surface area contributed by atoms with Gasteiger partial charge >= 0.3 is 6.09 Å². The average molecular weight is 832 g/mol. The molecule has 1 saturated carbocycles. The van der Waals surface area contributed by atoms with E-state index in [0.717, 1.165) is 49.2 Å². The van der Waals surface area contributed by atoms with Crippen molar-refractivity contribution in [2.24, 2.45) is 11.8 Å². The summed E-state index contributed by atoms with van der Waals surface area (Å²) < 4.78 is 16.1. The van der Waals surface area contributed by atoms with Gasteiger partial charge in [0.05, 0.1) is 23.9 Å². The number of hydrogen-bond acceptors (Lipinski definition) is 10. The fraction of sp³-hybridized carbons (Fsp3) is 0.545. The van der Waals surface area contributed by atoms with E-state index in [2.05, 4.69) is 66.9 Å². The molecule has 0 aromatic carbocycles. The van der Waals surface area contributed by atoms with E-state index in [-0.39, 0.29) is 33.8 Å². The Hall–Kier alpha value is -4.36. The van der Waals surface area contributed by atoms with Crippen LogP contribution in [0.2, 0.25) is 5.15 Å². The Bertz CT molecular complexity index is 2040. The van der Waals surface area contributed by atoms with Crippen molar-refractivity contribution < 1.29 is 19.1 Å². The molecule has 2 aliphatic rings. The summed E-state index contributed by atoms with van der Waals surface area (Å²) in [6.07, 6.45) is 12.1. The molecule has 14 heteroatoms. The molecule has 312 valence electrons. The molecule has 1 aliphatic carbocycles. The Morgan fingerprint density at radius 1 is 1.00 bits per heavy atom. The molecular formula is C44H59ClN8O4S. The topological polar surface area (TPSA) is 136 Å². The lowest BCUT2D eigenvalue weighted by molar-refractivity contribution is 0.0130. The molecule has 12 nitrogen and oxygen atoms in total. The lowest BCUT2D eigenvalue weighted by Crippen LogP contribution is -2.45. The van der Waals surface area contributed by atoms with E-state index in [9.17, 15) is 9.59 Å². The molecule has 2 N–H and O–H groups in total. The number of ether oxygens (including phenoxy) is 2. The Morgan fingerprint density at radius 2 is 1.78 bits per heavy atom. The monoisotopic (exact) mass is 830 g/mol. The van der Waals surface area contributed by atoms with Gasteiger partial charge in [-0.05, 0) is 120 Å². The molecule has 4 aromatic heterocycles. The van der Waals surface area contributed by atoms with Crippen molar-refractivity contribution in [3.05, 3.63) is 82.9 Å². The normalized spacial score (nSPS) is 17.6. The fourth-order valence-electron chi connectivity index (χ4n) is 7.77. The van der Waals surface area contributed by atoms with Crippen molar-refractivity contribution in [2.75, 3.05) is 18.5 Å². The highest BCUT2D eigenvalue weighted by Gasteiger charge is 2.43. The van der Waals surface area contributed by atoms with E-state index >= 15 is 0 Å². The van der Waals surface area contributed by atoms with Crippen molar-refractivity contribution in [1.82, 2.24) is 34.4 Å². The van der Waals surface area contributed by atoms with Crippen molar-refractivity contribution in [3.8, 4) is 11.7 Å². The van der Waals surface area contributed by atoms with Crippen LogP contribution >= 0.6 is 23.5 Å². The Labute approximate surface area is 352 Å². The zero-order chi connectivity index (χ0) is 41.7. The fourth-order valence-corrected chi connectivity index (χ4v) is 8.60. The van der Waals surface area contributed by atoms with Crippen LogP contribution in [0.1, 0.15) is 134 Å². The number of aromatic nitrogens is 5. The molecule has 0 radical (unpaired) electrons. The Morgan fingerprint density at radius 3 is 2.50 bits per heavy atom. The highest BCUT2D eigenvalue weighted by Crippen LogP contribution is 2.38. The van der Waals surface area contributed by atoms with E-state index in [4.69, 9.17) is 31.0 Å². The molecule has 0 spiro atoms. The number of anilines is 1. The van der Waals surface area contributed by atoms with E-state index in [1.807, 2.05) is 50.1 Å². The zero-order valence-electron chi connectivity index (χ0n) is 35.2. The van der Waals surface area contributed by atoms with E-state index in [0.29, 0.717) is 41.6 Å². The smallest absolute Gasteiger partial charge is 0.410 e. The average Bonchev–Trinajstić information content (AvgIpc) is 3.92. The number of carbonyl (C=O) groups is 2. The maximum Gasteiger partial charge on any atom is 0.410 e. The maximum absolute atomic E-state index is 13.3. The third-order valence-corrected chi connectivity index (χ3v) is 11.9.